The summed E-state index contributed by atoms with van der Waals surface area (Å²) in [7, 11) is 0. The Labute approximate surface area is 102 Å². The Morgan fingerprint density at radius 2 is 2.24 bits per heavy atom. The maximum atomic E-state index is 13.8. The van der Waals surface area contributed by atoms with Crippen LogP contribution in [0.1, 0.15) is 37.7 Å². The smallest absolute Gasteiger partial charge is 0.165 e. The molecule has 1 N–H and O–H groups in total. The zero-order chi connectivity index (χ0) is 12.1. The molecule has 0 aromatic heterocycles. The highest BCUT2D eigenvalue weighted by Gasteiger charge is 2.15. The Balaban J connectivity index is 2.12. The van der Waals surface area contributed by atoms with Crippen LogP contribution in [-0.2, 0) is 0 Å². The summed E-state index contributed by atoms with van der Waals surface area (Å²) in [6, 6.07) is 5.40. The molecule has 17 heavy (non-hydrogen) atoms. The van der Waals surface area contributed by atoms with Crippen LogP contribution < -0.4 is 10.1 Å². The van der Waals surface area contributed by atoms with E-state index in [-0.39, 0.29) is 5.82 Å². The first-order valence-corrected chi connectivity index (χ1v) is 6.44. The molecule has 0 radical (unpaired) electrons. The highest BCUT2D eigenvalue weighted by molar-refractivity contribution is 5.31. The lowest BCUT2D eigenvalue weighted by Gasteiger charge is -2.15. The molecule has 0 aliphatic carbocycles. The summed E-state index contributed by atoms with van der Waals surface area (Å²) in [5.74, 6) is 0.611. The molecular weight excluding hydrogens is 217 g/mol. The molecule has 1 aromatic rings. The zero-order valence-corrected chi connectivity index (χ0v) is 10.3. The van der Waals surface area contributed by atoms with Gasteiger partial charge in [-0.3, -0.25) is 0 Å². The van der Waals surface area contributed by atoms with Crippen molar-refractivity contribution >= 4 is 0 Å². The van der Waals surface area contributed by atoms with Crippen molar-refractivity contribution in [3.8, 4) is 5.75 Å². The van der Waals surface area contributed by atoms with Gasteiger partial charge >= 0.3 is 0 Å². The number of hydrogen-bond donors (Lipinski definition) is 1. The van der Waals surface area contributed by atoms with Crippen LogP contribution in [0, 0.1) is 5.82 Å². The summed E-state index contributed by atoms with van der Waals surface area (Å²) in [5, 5.41) is 3.37. The van der Waals surface area contributed by atoms with Gasteiger partial charge in [0.25, 0.3) is 0 Å². The lowest BCUT2D eigenvalue weighted by molar-refractivity contribution is 0.321. The number of ether oxygens (including phenoxy) is 1. The van der Waals surface area contributed by atoms with Gasteiger partial charge in [0.15, 0.2) is 11.6 Å². The topological polar surface area (TPSA) is 21.3 Å². The lowest BCUT2D eigenvalue weighted by Crippen LogP contribution is -2.13. The Morgan fingerprint density at radius 1 is 1.35 bits per heavy atom. The molecule has 1 atom stereocenters. The SMILES string of the molecule is CCOc1ccc(C2CCCNCC2)cc1F. The first-order valence-electron chi connectivity index (χ1n) is 6.44. The van der Waals surface area contributed by atoms with Gasteiger partial charge in [0.05, 0.1) is 6.61 Å². The minimum atomic E-state index is -0.235. The molecule has 1 aliphatic heterocycles. The second-order valence-corrected chi connectivity index (χ2v) is 4.50. The molecule has 1 aromatic carbocycles. The Kier molecular flexibility index (Phi) is 4.37. The molecule has 1 saturated heterocycles. The highest BCUT2D eigenvalue weighted by atomic mass is 19.1. The maximum Gasteiger partial charge on any atom is 0.165 e. The zero-order valence-electron chi connectivity index (χ0n) is 10.3. The van der Waals surface area contributed by atoms with Crippen LogP contribution in [0.15, 0.2) is 18.2 Å². The second kappa shape index (κ2) is 6.01. The quantitative estimate of drug-likeness (QED) is 0.872. The van der Waals surface area contributed by atoms with E-state index in [9.17, 15) is 4.39 Å². The van der Waals surface area contributed by atoms with E-state index in [4.69, 9.17) is 4.74 Å². The molecule has 1 unspecified atom stereocenters. The van der Waals surface area contributed by atoms with Crippen molar-refractivity contribution < 1.29 is 9.13 Å². The highest BCUT2D eigenvalue weighted by Crippen LogP contribution is 2.29. The van der Waals surface area contributed by atoms with Gasteiger partial charge in [-0.2, -0.15) is 0 Å². The van der Waals surface area contributed by atoms with Crippen molar-refractivity contribution in [1.82, 2.24) is 5.32 Å². The van der Waals surface area contributed by atoms with E-state index >= 15 is 0 Å². The fourth-order valence-electron chi connectivity index (χ4n) is 2.40. The van der Waals surface area contributed by atoms with E-state index in [1.165, 1.54) is 6.42 Å². The second-order valence-electron chi connectivity index (χ2n) is 4.50. The predicted octanol–water partition coefficient (Wildman–Crippen LogP) is 3.08. The molecule has 1 heterocycles. The predicted molar refractivity (Wildman–Crippen MR) is 67.0 cm³/mol. The van der Waals surface area contributed by atoms with Gasteiger partial charge in [-0.25, -0.2) is 4.39 Å². The Hall–Kier alpha value is -1.09. The van der Waals surface area contributed by atoms with Crippen LogP contribution in [0.3, 0.4) is 0 Å². The monoisotopic (exact) mass is 237 g/mol. The van der Waals surface area contributed by atoms with Crippen LogP contribution in [-0.4, -0.2) is 19.7 Å². The molecule has 1 fully saturated rings. The first-order chi connectivity index (χ1) is 8.31. The van der Waals surface area contributed by atoms with Gasteiger partial charge in [-0.05, 0) is 62.9 Å². The van der Waals surface area contributed by atoms with Gasteiger partial charge < -0.3 is 10.1 Å². The van der Waals surface area contributed by atoms with Crippen LogP contribution >= 0.6 is 0 Å². The van der Waals surface area contributed by atoms with E-state index < -0.39 is 0 Å². The Bertz CT molecular complexity index is 359. The third-order valence-electron chi connectivity index (χ3n) is 3.30. The molecule has 1 aliphatic rings. The van der Waals surface area contributed by atoms with Gasteiger partial charge in [0, 0.05) is 0 Å². The molecule has 0 bridgehead atoms. The van der Waals surface area contributed by atoms with Gasteiger partial charge in [0.2, 0.25) is 0 Å². The fourth-order valence-corrected chi connectivity index (χ4v) is 2.40. The summed E-state index contributed by atoms with van der Waals surface area (Å²) in [6.45, 7) is 4.48. The van der Waals surface area contributed by atoms with Crippen LogP contribution in [0.4, 0.5) is 4.39 Å². The fraction of sp³-hybridized carbons (Fsp3) is 0.571. The number of halogens is 1. The van der Waals surface area contributed by atoms with Crippen molar-refractivity contribution in [3.63, 3.8) is 0 Å². The van der Waals surface area contributed by atoms with E-state index in [2.05, 4.69) is 5.32 Å². The van der Waals surface area contributed by atoms with Gasteiger partial charge in [-0.15, -0.1) is 0 Å². The minimum Gasteiger partial charge on any atom is -0.491 e. The van der Waals surface area contributed by atoms with Crippen molar-refractivity contribution in [2.24, 2.45) is 0 Å². The summed E-state index contributed by atoms with van der Waals surface area (Å²) < 4.78 is 19.0. The number of benzene rings is 1. The molecule has 2 nitrogen and oxygen atoms in total. The molecule has 94 valence electrons. The number of nitrogens with one attached hydrogen (secondary N) is 1. The number of rotatable bonds is 3. The summed E-state index contributed by atoms with van der Waals surface area (Å²) >= 11 is 0. The van der Waals surface area contributed by atoms with Crippen molar-refractivity contribution in [2.45, 2.75) is 32.1 Å². The molecule has 0 spiro atoms. The summed E-state index contributed by atoms with van der Waals surface area (Å²) in [5.41, 5.74) is 1.11. The van der Waals surface area contributed by atoms with Crippen LogP contribution in [0.25, 0.3) is 0 Å². The third-order valence-corrected chi connectivity index (χ3v) is 3.30. The van der Waals surface area contributed by atoms with Crippen LogP contribution in [0.2, 0.25) is 0 Å². The third kappa shape index (κ3) is 3.19. The first kappa shape index (κ1) is 12.4. The van der Waals surface area contributed by atoms with E-state index in [1.54, 1.807) is 12.1 Å². The van der Waals surface area contributed by atoms with Gasteiger partial charge in [0.1, 0.15) is 0 Å². The Morgan fingerprint density at radius 3 is 3.00 bits per heavy atom. The van der Waals surface area contributed by atoms with E-state index in [0.717, 1.165) is 31.5 Å². The molecular formula is C14H20FNO. The average molecular weight is 237 g/mol. The molecule has 2 rings (SSSR count). The van der Waals surface area contributed by atoms with E-state index in [0.29, 0.717) is 18.3 Å². The van der Waals surface area contributed by atoms with Crippen molar-refractivity contribution in [1.29, 1.82) is 0 Å². The minimum absolute atomic E-state index is 0.235. The summed E-state index contributed by atoms with van der Waals surface area (Å²) in [6.07, 6.45) is 3.40. The lowest BCUT2D eigenvalue weighted by atomic mass is 9.92. The summed E-state index contributed by atoms with van der Waals surface area (Å²) in [4.78, 5) is 0. The molecule has 3 heteroatoms. The van der Waals surface area contributed by atoms with Crippen molar-refractivity contribution in [3.05, 3.63) is 29.6 Å². The number of hydrogen-bond acceptors (Lipinski definition) is 2. The van der Waals surface area contributed by atoms with Crippen LogP contribution in [0.5, 0.6) is 5.75 Å². The molecule has 0 amide bonds. The molecule has 0 saturated carbocycles. The largest absolute Gasteiger partial charge is 0.491 e. The van der Waals surface area contributed by atoms with Crippen molar-refractivity contribution in [2.75, 3.05) is 19.7 Å². The van der Waals surface area contributed by atoms with Gasteiger partial charge in [-0.1, -0.05) is 6.07 Å². The maximum absolute atomic E-state index is 13.8. The average Bonchev–Trinajstić information content (AvgIpc) is 2.60. The standard InChI is InChI=1S/C14H20FNO/c1-2-17-14-6-5-12(10-13(14)15)11-4-3-8-16-9-7-11/h5-6,10-11,16H,2-4,7-9H2,1H3. The van der Waals surface area contributed by atoms with E-state index in [1.807, 2.05) is 13.0 Å². The normalized spacial score (nSPS) is 20.9.